The Hall–Kier alpha value is -2.41. The van der Waals surface area contributed by atoms with Crippen molar-refractivity contribution in [1.82, 2.24) is 4.98 Å². The van der Waals surface area contributed by atoms with E-state index >= 15 is 0 Å². The molecule has 116 valence electrons. The second-order valence-electron chi connectivity index (χ2n) is 4.76. The van der Waals surface area contributed by atoms with Crippen molar-refractivity contribution in [3.05, 3.63) is 64.0 Å². The predicted molar refractivity (Wildman–Crippen MR) is 81.7 cm³/mol. The average molecular weight is 382 g/mol. The molecule has 3 nitrogen and oxygen atoms in total. The van der Waals surface area contributed by atoms with Crippen molar-refractivity contribution in [2.45, 2.75) is 0 Å². The fraction of sp³-hybridized carbons (Fsp3) is 0. The quantitative estimate of drug-likeness (QED) is 0.694. The Morgan fingerprint density at radius 2 is 1.70 bits per heavy atom. The minimum atomic E-state index is -1.18. The van der Waals surface area contributed by atoms with E-state index < -0.39 is 29.0 Å². The van der Waals surface area contributed by atoms with Crippen molar-refractivity contribution >= 4 is 32.7 Å². The van der Waals surface area contributed by atoms with Crippen LogP contribution in [0.15, 0.2) is 41.0 Å². The van der Waals surface area contributed by atoms with Gasteiger partial charge in [0.1, 0.15) is 17.5 Å². The molecule has 0 bridgehead atoms. The van der Waals surface area contributed by atoms with Crippen LogP contribution < -0.4 is 0 Å². The first-order valence-electron chi connectivity index (χ1n) is 6.35. The third-order valence-electron chi connectivity index (χ3n) is 3.33. The van der Waals surface area contributed by atoms with E-state index in [1.165, 1.54) is 24.4 Å². The summed E-state index contributed by atoms with van der Waals surface area (Å²) in [5, 5.41) is 9.86. The van der Waals surface area contributed by atoms with Crippen LogP contribution in [0.1, 0.15) is 10.4 Å². The topological polar surface area (TPSA) is 50.2 Å². The van der Waals surface area contributed by atoms with Crippen LogP contribution in [0.25, 0.3) is 22.0 Å². The Morgan fingerprint density at radius 3 is 2.30 bits per heavy atom. The van der Waals surface area contributed by atoms with E-state index in [0.29, 0.717) is 22.0 Å². The van der Waals surface area contributed by atoms with E-state index in [-0.39, 0.29) is 16.6 Å². The molecule has 1 N–H and O–H groups in total. The number of aromatic carboxylic acids is 1. The summed E-state index contributed by atoms with van der Waals surface area (Å²) >= 11 is 3.26. The van der Waals surface area contributed by atoms with Crippen molar-refractivity contribution in [2.24, 2.45) is 0 Å². The molecular weight excluding hydrogens is 375 g/mol. The first kappa shape index (κ1) is 15.5. The van der Waals surface area contributed by atoms with Crippen molar-refractivity contribution in [1.29, 1.82) is 0 Å². The molecule has 0 unspecified atom stereocenters. The predicted octanol–water partition coefficient (Wildman–Crippen LogP) is 4.78. The van der Waals surface area contributed by atoms with Gasteiger partial charge in [-0.3, -0.25) is 4.98 Å². The van der Waals surface area contributed by atoms with Crippen LogP contribution in [0.5, 0.6) is 0 Å². The number of rotatable bonds is 2. The van der Waals surface area contributed by atoms with Crippen LogP contribution in [0.2, 0.25) is 0 Å². The van der Waals surface area contributed by atoms with Gasteiger partial charge in [0.05, 0.1) is 16.8 Å². The zero-order valence-electron chi connectivity index (χ0n) is 11.3. The van der Waals surface area contributed by atoms with E-state index in [9.17, 15) is 18.0 Å². The maximum Gasteiger partial charge on any atom is 0.335 e. The van der Waals surface area contributed by atoms with E-state index in [2.05, 4.69) is 20.9 Å². The molecule has 0 atom stereocenters. The van der Waals surface area contributed by atoms with Crippen molar-refractivity contribution in [2.75, 3.05) is 0 Å². The van der Waals surface area contributed by atoms with Gasteiger partial charge in [-0.2, -0.15) is 0 Å². The summed E-state index contributed by atoms with van der Waals surface area (Å²) in [7, 11) is 0. The smallest absolute Gasteiger partial charge is 0.335 e. The molecule has 0 saturated heterocycles. The van der Waals surface area contributed by atoms with Gasteiger partial charge in [0.15, 0.2) is 0 Å². The Morgan fingerprint density at radius 1 is 1.04 bits per heavy atom. The molecule has 0 amide bonds. The summed E-state index contributed by atoms with van der Waals surface area (Å²) in [6, 6.07) is 5.25. The number of benzene rings is 2. The molecule has 0 saturated carbocycles. The minimum Gasteiger partial charge on any atom is -0.478 e. The van der Waals surface area contributed by atoms with Gasteiger partial charge in [0, 0.05) is 28.2 Å². The molecule has 1 aromatic heterocycles. The van der Waals surface area contributed by atoms with Crippen LogP contribution in [0, 0.1) is 17.5 Å². The van der Waals surface area contributed by atoms with Crippen LogP contribution in [-0.2, 0) is 0 Å². The molecule has 0 spiro atoms. The molecule has 0 radical (unpaired) electrons. The zero-order valence-corrected chi connectivity index (χ0v) is 12.9. The number of carboxylic acids is 1. The number of pyridine rings is 1. The number of halogens is 4. The van der Waals surface area contributed by atoms with Crippen molar-refractivity contribution < 1.29 is 23.1 Å². The molecule has 7 heteroatoms. The lowest BCUT2D eigenvalue weighted by molar-refractivity contribution is 0.0697. The SMILES string of the molecule is O=C(O)c1ccc2c(Br)cnc(-c3c(F)cc(F)cc3F)c2c1. The summed E-state index contributed by atoms with van der Waals surface area (Å²) in [5.74, 6) is -4.45. The summed E-state index contributed by atoms with van der Waals surface area (Å²) in [4.78, 5) is 15.1. The van der Waals surface area contributed by atoms with E-state index in [4.69, 9.17) is 5.11 Å². The molecule has 1 heterocycles. The molecule has 23 heavy (non-hydrogen) atoms. The number of carboxylic acid groups (broad SMARTS) is 1. The van der Waals surface area contributed by atoms with Crippen molar-refractivity contribution in [3.63, 3.8) is 0 Å². The number of nitrogens with zero attached hydrogens (tertiary/aromatic N) is 1. The van der Waals surface area contributed by atoms with Gasteiger partial charge in [0.2, 0.25) is 0 Å². The highest BCUT2D eigenvalue weighted by Gasteiger charge is 2.19. The number of fused-ring (bicyclic) bond motifs is 1. The first-order chi connectivity index (χ1) is 10.9. The molecule has 0 aliphatic rings. The lowest BCUT2D eigenvalue weighted by atomic mass is 10.0. The highest BCUT2D eigenvalue weighted by atomic mass is 79.9. The second-order valence-corrected chi connectivity index (χ2v) is 5.62. The number of aromatic nitrogens is 1. The molecule has 3 rings (SSSR count). The Balaban J connectivity index is 2.40. The standard InChI is InChI=1S/C16H7BrF3NO2/c17-11-6-21-15(14-12(19)4-8(18)5-13(14)20)10-3-7(16(22)23)1-2-9(10)11/h1-6H,(H,22,23). The molecule has 0 fully saturated rings. The fourth-order valence-corrected chi connectivity index (χ4v) is 2.76. The van der Waals surface area contributed by atoms with E-state index in [0.717, 1.165) is 0 Å². The Bertz CT molecular complexity index is 936. The maximum atomic E-state index is 14.0. The van der Waals surface area contributed by atoms with Crippen LogP contribution in [0.3, 0.4) is 0 Å². The summed E-state index contributed by atoms with van der Waals surface area (Å²) < 4.78 is 41.7. The van der Waals surface area contributed by atoms with Crippen LogP contribution in [-0.4, -0.2) is 16.1 Å². The highest BCUT2D eigenvalue weighted by Crippen LogP contribution is 2.34. The van der Waals surface area contributed by atoms with Gasteiger partial charge < -0.3 is 5.11 Å². The lowest BCUT2D eigenvalue weighted by Gasteiger charge is -2.10. The first-order valence-corrected chi connectivity index (χ1v) is 7.14. The average Bonchev–Trinajstić information content (AvgIpc) is 2.48. The largest absolute Gasteiger partial charge is 0.478 e. The molecule has 2 aromatic carbocycles. The number of hydrogen-bond acceptors (Lipinski definition) is 2. The van der Waals surface area contributed by atoms with Gasteiger partial charge in [-0.05, 0) is 33.4 Å². The highest BCUT2D eigenvalue weighted by molar-refractivity contribution is 9.10. The third kappa shape index (κ3) is 2.68. The summed E-state index contributed by atoms with van der Waals surface area (Å²) in [6.45, 7) is 0. The van der Waals surface area contributed by atoms with Gasteiger partial charge in [-0.15, -0.1) is 0 Å². The zero-order chi connectivity index (χ0) is 16.7. The molecular formula is C16H7BrF3NO2. The summed E-state index contributed by atoms with van der Waals surface area (Å²) in [6.07, 6.45) is 1.35. The third-order valence-corrected chi connectivity index (χ3v) is 3.96. The Labute approximate surface area is 136 Å². The Kier molecular flexibility index (Phi) is 3.81. The normalized spacial score (nSPS) is 11.0. The maximum absolute atomic E-state index is 14.0. The number of hydrogen-bond donors (Lipinski definition) is 1. The van der Waals surface area contributed by atoms with Gasteiger partial charge in [-0.25, -0.2) is 18.0 Å². The van der Waals surface area contributed by atoms with Crippen molar-refractivity contribution in [3.8, 4) is 11.3 Å². The van der Waals surface area contributed by atoms with Gasteiger partial charge >= 0.3 is 5.97 Å². The fourth-order valence-electron chi connectivity index (χ4n) is 2.31. The molecule has 3 aromatic rings. The van der Waals surface area contributed by atoms with E-state index in [1.807, 2.05) is 0 Å². The van der Waals surface area contributed by atoms with Crippen LogP contribution >= 0.6 is 15.9 Å². The van der Waals surface area contributed by atoms with E-state index in [1.54, 1.807) is 0 Å². The van der Waals surface area contributed by atoms with Crippen LogP contribution in [0.4, 0.5) is 13.2 Å². The number of carbonyl (C=O) groups is 1. The van der Waals surface area contributed by atoms with Gasteiger partial charge in [-0.1, -0.05) is 6.07 Å². The molecule has 0 aliphatic carbocycles. The minimum absolute atomic E-state index is 0.0541. The second kappa shape index (κ2) is 5.66. The van der Waals surface area contributed by atoms with Gasteiger partial charge in [0.25, 0.3) is 0 Å². The summed E-state index contributed by atoms with van der Waals surface area (Å²) in [5.41, 5.74) is -0.658. The monoisotopic (exact) mass is 381 g/mol. The lowest BCUT2D eigenvalue weighted by Crippen LogP contribution is -1.99. The molecule has 0 aliphatic heterocycles.